The number of nitrogens with zero attached hydrogens (tertiary/aromatic N) is 2. The fourth-order valence-corrected chi connectivity index (χ4v) is 2.86. The molecule has 7 heteroatoms. The first-order valence-electron chi connectivity index (χ1n) is 5.83. The van der Waals surface area contributed by atoms with Crippen LogP contribution in [0.25, 0.3) is 10.8 Å². The van der Waals surface area contributed by atoms with Crippen molar-refractivity contribution >= 4 is 27.8 Å². The van der Waals surface area contributed by atoms with Crippen molar-refractivity contribution in [2.75, 3.05) is 0 Å². The molecule has 6 nitrogen and oxygen atoms in total. The van der Waals surface area contributed by atoms with Crippen molar-refractivity contribution in [3.05, 3.63) is 66.8 Å². The van der Waals surface area contributed by atoms with Gasteiger partial charge in [-0.25, -0.2) is 5.10 Å². The summed E-state index contributed by atoms with van der Waals surface area (Å²) in [5.41, 5.74) is 0.553. The van der Waals surface area contributed by atoms with E-state index in [1.807, 2.05) is 12.1 Å². The van der Waals surface area contributed by atoms with Crippen LogP contribution in [0.5, 0.6) is 0 Å². The second kappa shape index (κ2) is 4.86. The Morgan fingerprint density at radius 2 is 2.05 bits per heavy atom. The Bertz CT molecular complexity index is 853. The van der Waals surface area contributed by atoms with Crippen LogP contribution in [0.2, 0.25) is 0 Å². The third-order valence-corrected chi connectivity index (χ3v) is 3.89. The van der Waals surface area contributed by atoms with Crippen LogP contribution in [0.4, 0.5) is 5.69 Å². The third kappa shape index (κ3) is 2.19. The van der Waals surface area contributed by atoms with E-state index in [1.165, 1.54) is 22.8 Å². The van der Waals surface area contributed by atoms with E-state index in [2.05, 4.69) is 10.2 Å². The number of rotatable bonds is 3. The van der Waals surface area contributed by atoms with Crippen molar-refractivity contribution in [2.24, 2.45) is 0 Å². The van der Waals surface area contributed by atoms with Gasteiger partial charge in [-0.05, 0) is 6.07 Å². The molecule has 20 heavy (non-hydrogen) atoms. The quantitative estimate of drug-likeness (QED) is 0.592. The molecule has 1 aromatic carbocycles. The van der Waals surface area contributed by atoms with Crippen LogP contribution >= 0.6 is 11.3 Å². The zero-order chi connectivity index (χ0) is 14.1. The molecule has 0 spiro atoms. The SMILES string of the molecule is O=c1[nH]nc(Cc2cc([N+](=O)[O-])cs2)c2ccccc12. The normalized spacial score (nSPS) is 10.8. The molecule has 3 aromatic rings. The van der Waals surface area contributed by atoms with Crippen molar-refractivity contribution < 1.29 is 4.92 Å². The fraction of sp³-hybridized carbons (Fsp3) is 0.0769. The van der Waals surface area contributed by atoms with Crippen LogP contribution in [-0.2, 0) is 6.42 Å². The van der Waals surface area contributed by atoms with Gasteiger partial charge < -0.3 is 0 Å². The number of thiophene rings is 1. The molecule has 1 N–H and O–H groups in total. The average Bonchev–Trinajstić information content (AvgIpc) is 2.91. The number of fused-ring (bicyclic) bond motifs is 1. The zero-order valence-corrected chi connectivity index (χ0v) is 11.0. The first-order chi connectivity index (χ1) is 9.65. The van der Waals surface area contributed by atoms with Crippen LogP contribution < -0.4 is 5.56 Å². The zero-order valence-electron chi connectivity index (χ0n) is 10.2. The topological polar surface area (TPSA) is 88.9 Å². The van der Waals surface area contributed by atoms with Crippen LogP contribution in [0.1, 0.15) is 10.6 Å². The fourth-order valence-electron chi connectivity index (χ4n) is 2.03. The van der Waals surface area contributed by atoms with Gasteiger partial charge >= 0.3 is 0 Å². The first-order valence-corrected chi connectivity index (χ1v) is 6.71. The van der Waals surface area contributed by atoms with E-state index in [9.17, 15) is 14.9 Å². The first kappa shape index (κ1) is 12.5. The molecule has 0 saturated carbocycles. The lowest BCUT2D eigenvalue weighted by molar-refractivity contribution is -0.384. The van der Waals surface area contributed by atoms with Crippen LogP contribution in [-0.4, -0.2) is 15.1 Å². The summed E-state index contributed by atoms with van der Waals surface area (Å²) in [6.07, 6.45) is 0.454. The molecule has 3 rings (SSSR count). The van der Waals surface area contributed by atoms with E-state index in [0.717, 1.165) is 10.3 Å². The number of aromatic nitrogens is 2. The lowest BCUT2D eigenvalue weighted by Gasteiger charge is -2.02. The van der Waals surface area contributed by atoms with Gasteiger partial charge in [-0.15, -0.1) is 11.3 Å². The largest absolute Gasteiger partial charge is 0.280 e. The van der Waals surface area contributed by atoms with E-state index in [0.29, 0.717) is 17.5 Å². The predicted molar refractivity (Wildman–Crippen MR) is 76.1 cm³/mol. The van der Waals surface area contributed by atoms with Crippen LogP contribution in [0.3, 0.4) is 0 Å². The molecule has 2 heterocycles. The number of benzene rings is 1. The van der Waals surface area contributed by atoms with Gasteiger partial charge in [-0.2, -0.15) is 5.10 Å². The Morgan fingerprint density at radius 1 is 1.30 bits per heavy atom. The highest BCUT2D eigenvalue weighted by molar-refractivity contribution is 7.10. The van der Waals surface area contributed by atoms with Gasteiger partial charge in [-0.3, -0.25) is 14.9 Å². The summed E-state index contributed by atoms with van der Waals surface area (Å²) in [4.78, 5) is 22.8. The Kier molecular flexibility index (Phi) is 3.03. The second-order valence-corrected chi connectivity index (χ2v) is 5.25. The second-order valence-electron chi connectivity index (χ2n) is 4.25. The molecule has 0 bridgehead atoms. The average molecular weight is 287 g/mol. The maximum Gasteiger partial charge on any atom is 0.280 e. The highest BCUT2D eigenvalue weighted by Gasteiger charge is 2.12. The smallest absolute Gasteiger partial charge is 0.267 e. The molecule has 0 aliphatic rings. The maximum absolute atomic E-state index is 11.7. The van der Waals surface area contributed by atoms with Crippen LogP contribution in [0, 0.1) is 10.1 Å². The van der Waals surface area contributed by atoms with Gasteiger partial charge in [0.2, 0.25) is 0 Å². The van der Waals surface area contributed by atoms with Gasteiger partial charge in [0.25, 0.3) is 11.2 Å². The highest BCUT2D eigenvalue weighted by atomic mass is 32.1. The van der Waals surface area contributed by atoms with E-state index >= 15 is 0 Å². The van der Waals surface area contributed by atoms with Gasteiger partial charge in [-0.1, -0.05) is 18.2 Å². The lowest BCUT2D eigenvalue weighted by atomic mass is 10.1. The van der Waals surface area contributed by atoms with Crippen molar-refractivity contribution in [3.8, 4) is 0 Å². The third-order valence-electron chi connectivity index (χ3n) is 2.97. The highest BCUT2D eigenvalue weighted by Crippen LogP contribution is 2.24. The molecule has 2 aromatic heterocycles. The Morgan fingerprint density at radius 3 is 2.75 bits per heavy atom. The van der Waals surface area contributed by atoms with E-state index in [-0.39, 0.29) is 11.2 Å². The molecule has 0 radical (unpaired) electrons. The van der Waals surface area contributed by atoms with Gasteiger partial charge in [0.05, 0.1) is 21.4 Å². The Hall–Kier alpha value is -2.54. The number of nitro groups is 1. The lowest BCUT2D eigenvalue weighted by Crippen LogP contribution is -2.10. The molecule has 0 amide bonds. The van der Waals surface area contributed by atoms with Crippen molar-refractivity contribution in [1.29, 1.82) is 0 Å². The minimum atomic E-state index is -0.418. The minimum Gasteiger partial charge on any atom is -0.267 e. The maximum atomic E-state index is 11.7. The number of H-pyrrole nitrogens is 1. The van der Waals surface area contributed by atoms with E-state index in [4.69, 9.17) is 0 Å². The number of aromatic amines is 1. The predicted octanol–water partition coefficient (Wildman–Crippen LogP) is 2.48. The molecular weight excluding hydrogens is 278 g/mol. The van der Waals surface area contributed by atoms with Crippen molar-refractivity contribution in [3.63, 3.8) is 0 Å². The Balaban J connectivity index is 2.04. The molecule has 0 aliphatic carbocycles. The number of nitrogens with one attached hydrogen (secondary N) is 1. The summed E-state index contributed by atoms with van der Waals surface area (Å²) in [6, 6.07) is 8.72. The molecule has 0 fully saturated rings. The van der Waals surface area contributed by atoms with Crippen LogP contribution in [0.15, 0.2) is 40.5 Å². The van der Waals surface area contributed by atoms with E-state index in [1.54, 1.807) is 12.1 Å². The van der Waals surface area contributed by atoms with Crippen molar-refractivity contribution in [1.82, 2.24) is 10.2 Å². The standard InChI is InChI=1S/C13H9N3O3S/c17-13-11-4-2-1-3-10(11)12(14-15-13)6-9-5-8(7-20-9)16(18)19/h1-5,7H,6H2,(H,15,17). The number of hydrogen-bond donors (Lipinski definition) is 1. The molecule has 0 unspecified atom stereocenters. The Labute approximate surface area is 116 Å². The van der Waals surface area contributed by atoms with E-state index < -0.39 is 4.92 Å². The summed E-state index contributed by atoms with van der Waals surface area (Å²) in [7, 11) is 0. The van der Waals surface area contributed by atoms with Gasteiger partial charge in [0.1, 0.15) is 0 Å². The summed E-state index contributed by atoms with van der Waals surface area (Å²) in [6.45, 7) is 0. The van der Waals surface area contributed by atoms with Gasteiger partial charge in [0, 0.05) is 22.8 Å². The molecule has 0 atom stereocenters. The number of hydrogen-bond acceptors (Lipinski definition) is 5. The summed E-state index contributed by atoms with van der Waals surface area (Å²) in [5.74, 6) is 0. The molecule has 0 aliphatic heterocycles. The molecular formula is C13H9N3O3S. The monoisotopic (exact) mass is 287 g/mol. The van der Waals surface area contributed by atoms with Gasteiger partial charge in [0.15, 0.2) is 0 Å². The molecule has 0 saturated heterocycles. The molecule has 100 valence electrons. The summed E-state index contributed by atoms with van der Waals surface area (Å²) < 4.78 is 0. The summed E-state index contributed by atoms with van der Waals surface area (Å²) >= 11 is 1.31. The minimum absolute atomic E-state index is 0.0822. The summed E-state index contributed by atoms with van der Waals surface area (Å²) in [5, 5.41) is 20.0. The van der Waals surface area contributed by atoms with Crippen molar-refractivity contribution in [2.45, 2.75) is 6.42 Å².